The first kappa shape index (κ1) is 16.3. The zero-order valence-electron chi connectivity index (χ0n) is 12.3. The van der Waals surface area contributed by atoms with Gasteiger partial charge < -0.3 is 5.32 Å². The van der Waals surface area contributed by atoms with E-state index in [9.17, 15) is 17.6 Å². The molecule has 0 bridgehead atoms. The molecule has 0 amide bonds. The SMILES string of the molecule is CCCNC(c1ccc(C(F)(F)F)c(F)c1)C(C)C1CC1. The molecule has 0 aromatic heterocycles. The lowest BCUT2D eigenvalue weighted by molar-refractivity contribution is -0.140. The molecule has 21 heavy (non-hydrogen) atoms. The van der Waals surface area contributed by atoms with Crippen molar-refractivity contribution >= 4 is 0 Å². The number of rotatable bonds is 6. The van der Waals surface area contributed by atoms with Gasteiger partial charge in [0.1, 0.15) is 5.82 Å². The van der Waals surface area contributed by atoms with Gasteiger partial charge in [-0.2, -0.15) is 13.2 Å². The standard InChI is InChI=1S/C16H21F4N/c1-3-8-21-15(10(2)11-4-5-11)12-6-7-13(14(17)9-12)16(18,19)20/h6-7,9-11,15,21H,3-5,8H2,1-2H3. The van der Waals surface area contributed by atoms with Crippen LogP contribution in [0.4, 0.5) is 17.6 Å². The Morgan fingerprint density at radius 3 is 2.43 bits per heavy atom. The summed E-state index contributed by atoms with van der Waals surface area (Å²) in [4.78, 5) is 0. The van der Waals surface area contributed by atoms with E-state index in [1.807, 2.05) is 6.92 Å². The van der Waals surface area contributed by atoms with Crippen LogP contribution in [0.15, 0.2) is 18.2 Å². The van der Waals surface area contributed by atoms with Gasteiger partial charge in [0.15, 0.2) is 0 Å². The zero-order valence-corrected chi connectivity index (χ0v) is 12.3. The molecule has 118 valence electrons. The molecular weight excluding hydrogens is 282 g/mol. The summed E-state index contributed by atoms with van der Waals surface area (Å²) in [6.45, 7) is 4.88. The molecule has 2 atom stereocenters. The molecule has 1 aliphatic carbocycles. The average Bonchev–Trinajstić information content (AvgIpc) is 3.21. The molecule has 0 heterocycles. The molecule has 1 N–H and O–H groups in total. The second kappa shape index (κ2) is 6.34. The van der Waals surface area contributed by atoms with E-state index in [0.29, 0.717) is 17.4 Å². The Bertz CT molecular complexity index is 480. The van der Waals surface area contributed by atoms with Gasteiger partial charge in [0.25, 0.3) is 0 Å². The van der Waals surface area contributed by atoms with Crippen LogP contribution in [-0.4, -0.2) is 6.54 Å². The third-order valence-electron chi connectivity index (χ3n) is 4.16. The molecule has 1 aromatic carbocycles. The molecule has 0 radical (unpaired) electrons. The van der Waals surface area contributed by atoms with E-state index < -0.39 is 17.6 Å². The summed E-state index contributed by atoms with van der Waals surface area (Å²) in [5.74, 6) is -0.302. The van der Waals surface area contributed by atoms with Crippen LogP contribution in [0.25, 0.3) is 0 Å². The molecule has 0 spiro atoms. The fourth-order valence-corrected chi connectivity index (χ4v) is 2.76. The number of halogens is 4. The first-order valence-electron chi connectivity index (χ1n) is 7.44. The van der Waals surface area contributed by atoms with Crippen LogP contribution in [0.1, 0.15) is 50.3 Å². The summed E-state index contributed by atoms with van der Waals surface area (Å²) in [6, 6.07) is 3.20. The molecule has 1 nitrogen and oxygen atoms in total. The number of alkyl halides is 3. The van der Waals surface area contributed by atoms with E-state index >= 15 is 0 Å². The van der Waals surface area contributed by atoms with Gasteiger partial charge in [0.05, 0.1) is 5.56 Å². The highest BCUT2D eigenvalue weighted by molar-refractivity contribution is 5.29. The van der Waals surface area contributed by atoms with Crippen LogP contribution in [0.2, 0.25) is 0 Å². The second-order valence-corrected chi connectivity index (χ2v) is 5.87. The van der Waals surface area contributed by atoms with Gasteiger partial charge in [-0.25, -0.2) is 4.39 Å². The van der Waals surface area contributed by atoms with Crippen molar-refractivity contribution in [1.82, 2.24) is 5.32 Å². The third-order valence-corrected chi connectivity index (χ3v) is 4.16. The van der Waals surface area contributed by atoms with Crippen molar-refractivity contribution in [3.8, 4) is 0 Å². The minimum Gasteiger partial charge on any atom is -0.310 e. The summed E-state index contributed by atoms with van der Waals surface area (Å²) in [5, 5.41) is 3.34. The van der Waals surface area contributed by atoms with E-state index in [4.69, 9.17) is 0 Å². The van der Waals surface area contributed by atoms with Crippen molar-refractivity contribution in [2.24, 2.45) is 11.8 Å². The van der Waals surface area contributed by atoms with Crippen LogP contribution >= 0.6 is 0 Å². The molecule has 1 saturated carbocycles. The Morgan fingerprint density at radius 2 is 1.95 bits per heavy atom. The molecule has 0 aliphatic heterocycles. The molecule has 5 heteroatoms. The lowest BCUT2D eigenvalue weighted by Crippen LogP contribution is -2.29. The van der Waals surface area contributed by atoms with Gasteiger partial charge in [0, 0.05) is 6.04 Å². The zero-order chi connectivity index (χ0) is 15.6. The highest BCUT2D eigenvalue weighted by atomic mass is 19.4. The van der Waals surface area contributed by atoms with Gasteiger partial charge >= 0.3 is 6.18 Å². The number of hydrogen-bond acceptors (Lipinski definition) is 1. The number of benzene rings is 1. The maximum Gasteiger partial charge on any atom is 0.419 e. The molecule has 0 saturated heterocycles. The highest BCUT2D eigenvalue weighted by Gasteiger charge is 2.36. The predicted molar refractivity (Wildman–Crippen MR) is 74.3 cm³/mol. The fraction of sp³-hybridized carbons (Fsp3) is 0.625. The van der Waals surface area contributed by atoms with Crippen molar-refractivity contribution < 1.29 is 17.6 Å². The normalized spacial score (nSPS) is 18.6. The van der Waals surface area contributed by atoms with Gasteiger partial charge in [-0.3, -0.25) is 0 Å². The Hall–Kier alpha value is -1.10. The van der Waals surface area contributed by atoms with E-state index in [1.165, 1.54) is 6.07 Å². The minimum absolute atomic E-state index is 0.0887. The van der Waals surface area contributed by atoms with Crippen LogP contribution in [0.5, 0.6) is 0 Å². The lowest BCUT2D eigenvalue weighted by atomic mass is 9.90. The maximum absolute atomic E-state index is 13.8. The van der Waals surface area contributed by atoms with E-state index in [2.05, 4.69) is 12.2 Å². The predicted octanol–water partition coefficient (Wildman–Crippen LogP) is 4.93. The smallest absolute Gasteiger partial charge is 0.310 e. The van der Waals surface area contributed by atoms with Gasteiger partial charge in [-0.1, -0.05) is 19.9 Å². The number of nitrogens with one attached hydrogen (secondary N) is 1. The number of hydrogen-bond donors (Lipinski definition) is 1. The quantitative estimate of drug-likeness (QED) is 0.735. The molecule has 2 rings (SSSR count). The van der Waals surface area contributed by atoms with Gasteiger partial charge in [-0.05, 0) is 55.3 Å². The molecule has 1 aliphatic rings. The summed E-state index contributed by atoms with van der Waals surface area (Å²) in [7, 11) is 0. The van der Waals surface area contributed by atoms with Crippen molar-refractivity contribution in [1.29, 1.82) is 0 Å². The largest absolute Gasteiger partial charge is 0.419 e. The highest BCUT2D eigenvalue weighted by Crippen LogP contribution is 2.43. The second-order valence-electron chi connectivity index (χ2n) is 5.87. The topological polar surface area (TPSA) is 12.0 Å². The summed E-state index contributed by atoms with van der Waals surface area (Å²) in [6.07, 6.45) is -1.42. The monoisotopic (exact) mass is 303 g/mol. The molecule has 1 aromatic rings. The molecule has 2 unspecified atom stereocenters. The summed E-state index contributed by atoms with van der Waals surface area (Å²) >= 11 is 0. The Labute approximate surface area is 122 Å². The van der Waals surface area contributed by atoms with Crippen LogP contribution < -0.4 is 5.32 Å². The van der Waals surface area contributed by atoms with Crippen LogP contribution in [0, 0.1) is 17.7 Å². The summed E-state index contributed by atoms with van der Waals surface area (Å²) in [5.41, 5.74) is -0.590. The minimum atomic E-state index is -4.64. The average molecular weight is 303 g/mol. The third kappa shape index (κ3) is 3.96. The van der Waals surface area contributed by atoms with E-state index in [-0.39, 0.29) is 6.04 Å². The van der Waals surface area contributed by atoms with Crippen LogP contribution in [0.3, 0.4) is 0 Å². The van der Waals surface area contributed by atoms with Crippen LogP contribution in [-0.2, 0) is 6.18 Å². The lowest BCUT2D eigenvalue weighted by Gasteiger charge is -2.26. The maximum atomic E-state index is 13.8. The Balaban J connectivity index is 2.25. The molecule has 1 fully saturated rings. The first-order chi connectivity index (χ1) is 9.84. The first-order valence-corrected chi connectivity index (χ1v) is 7.44. The van der Waals surface area contributed by atoms with Crippen molar-refractivity contribution in [3.63, 3.8) is 0 Å². The fourth-order valence-electron chi connectivity index (χ4n) is 2.76. The van der Waals surface area contributed by atoms with E-state index in [0.717, 1.165) is 37.9 Å². The van der Waals surface area contributed by atoms with Crippen molar-refractivity contribution in [2.45, 2.75) is 45.3 Å². The Morgan fingerprint density at radius 1 is 1.29 bits per heavy atom. The van der Waals surface area contributed by atoms with Gasteiger partial charge in [0.2, 0.25) is 0 Å². The van der Waals surface area contributed by atoms with Crippen molar-refractivity contribution in [3.05, 3.63) is 35.1 Å². The van der Waals surface area contributed by atoms with Gasteiger partial charge in [-0.15, -0.1) is 0 Å². The van der Waals surface area contributed by atoms with Crippen molar-refractivity contribution in [2.75, 3.05) is 6.54 Å². The van der Waals surface area contributed by atoms with E-state index in [1.54, 1.807) is 0 Å². The Kier molecular flexibility index (Phi) is 4.91. The summed E-state index contributed by atoms with van der Waals surface area (Å²) < 4.78 is 51.6. The molecular formula is C16H21F4N.